The van der Waals surface area contributed by atoms with E-state index in [1.165, 1.54) is 5.56 Å². The number of hydrazine groups is 1. The van der Waals surface area contributed by atoms with E-state index in [0.29, 0.717) is 18.0 Å². The lowest BCUT2D eigenvalue weighted by molar-refractivity contribution is -0.0526. The Morgan fingerprint density at radius 3 is 3.00 bits per heavy atom. The van der Waals surface area contributed by atoms with Gasteiger partial charge in [-0.15, -0.1) is 0 Å². The van der Waals surface area contributed by atoms with Crippen LogP contribution < -0.4 is 11.3 Å². The van der Waals surface area contributed by atoms with Crippen LogP contribution in [0.4, 0.5) is 5.82 Å². The molecular weight excluding hydrogens is 216 g/mol. The molecule has 2 atom stereocenters. The third kappa shape index (κ3) is 3.15. The Bertz CT molecular complexity index is 354. The molecule has 1 aliphatic rings. The molecule has 5 nitrogen and oxygen atoms in total. The predicted octanol–water partition coefficient (Wildman–Crippen LogP) is 0.976. The molecule has 0 amide bonds. The van der Waals surface area contributed by atoms with E-state index in [0.717, 1.165) is 19.7 Å². The fourth-order valence-electron chi connectivity index (χ4n) is 2.03. The van der Waals surface area contributed by atoms with Gasteiger partial charge in [0.25, 0.3) is 0 Å². The third-order valence-electron chi connectivity index (χ3n) is 3.10. The van der Waals surface area contributed by atoms with Gasteiger partial charge in [0.15, 0.2) is 0 Å². The molecule has 1 aromatic heterocycles. The molecular formula is C12H20N4O. The van der Waals surface area contributed by atoms with E-state index in [1.54, 1.807) is 0 Å². The van der Waals surface area contributed by atoms with Crippen LogP contribution in [-0.2, 0) is 11.3 Å². The minimum Gasteiger partial charge on any atom is -0.376 e. The number of nitrogens with two attached hydrogens (primary N) is 1. The maximum atomic E-state index is 5.61. The Kier molecular flexibility index (Phi) is 3.93. The highest BCUT2D eigenvalue weighted by Crippen LogP contribution is 2.15. The summed E-state index contributed by atoms with van der Waals surface area (Å²) < 4.78 is 5.61. The molecule has 1 aromatic rings. The summed E-state index contributed by atoms with van der Waals surface area (Å²) in [5.41, 5.74) is 3.73. The highest BCUT2D eigenvalue weighted by atomic mass is 16.5. The number of hydrogen-bond acceptors (Lipinski definition) is 5. The number of nitrogens with zero attached hydrogens (tertiary/aromatic N) is 2. The lowest BCUT2D eigenvalue weighted by Gasteiger charge is -2.36. The van der Waals surface area contributed by atoms with Gasteiger partial charge in [-0.2, -0.15) is 0 Å². The van der Waals surface area contributed by atoms with Crippen molar-refractivity contribution in [1.29, 1.82) is 0 Å². The molecule has 1 fully saturated rings. The molecule has 3 N–H and O–H groups in total. The van der Waals surface area contributed by atoms with Gasteiger partial charge in [-0.25, -0.2) is 10.8 Å². The topological polar surface area (TPSA) is 63.4 Å². The van der Waals surface area contributed by atoms with E-state index >= 15 is 0 Å². The summed E-state index contributed by atoms with van der Waals surface area (Å²) in [6.07, 6.45) is 2.17. The summed E-state index contributed by atoms with van der Waals surface area (Å²) in [4.78, 5) is 6.63. The zero-order valence-corrected chi connectivity index (χ0v) is 10.4. The van der Waals surface area contributed by atoms with E-state index in [4.69, 9.17) is 10.6 Å². The fraction of sp³-hybridized carbons (Fsp3) is 0.583. The predicted molar refractivity (Wildman–Crippen MR) is 67.3 cm³/mol. The standard InChI is InChI=1S/C12H20N4O/c1-9-8-17-10(2)6-16(9)7-11-3-4-12(15-13)14-5-11/h3-5,9-10H,6-8,13H2,1-2H3,(H,14,15). The van der Waals surface area contributed by atoms with Gasteiger partial charge >= 0.3 is 0 Å². The SMILES string of the molecule is CC1CN(Cc2ccc(NN)nc2)C(C)CO1. The number of hydrogen-bond donors (Lipinski definition) is 2. The minimum atomic E-state index is 0.309. The van der Waals surface area contributed by atoms with Crippen molar-refractivity contribution < 1.29 is 4.74 Å². The quantitative estimate of drug-likeness (QED) is 0.605. The highest BCUT2D eigenvalue weighted by Gasteiger charge is 2.23. The number of nitrogens with one attached hydrogen (secondary N) is 1. The van der Waals surface area contributed by atoms with E-state index in [2.05, 4.69) is 35.2 Å². The number of rotatable bonds is 3. The summed E-state index contributed by atoms with van der Waals surface area (Å²) in [7, 11) is 0. The molecule has 1 saturated heterocycles. The minimum absolute atomic E-state index is 0.309. The van der Waals surface area contributed by atoms with Gasteiger partial charge in [0.2, 0.25) is 0 Å². The summed E-state index contributed by atoms with van der Waals surface area (Å²) in [6.45, 7) is 6.98. The van der Waals surface area contributed by atoms with Crippen molar-refractivity contribution in [2.45, 2.75) is 32.5 Å². The molecule has 1 aliphatic heterocycles. The van der Waals surface area contributed by atoms with E-state index in [9.17, 15) is 0 Å². The molecule has 94 valence electrons. The van der Waals surface area contributed by atoms with Crippen molar-refractivity contribution >= 4 is 5.82 Å². The first kappa shape index (κ1) is 12.3. The Hall–Kier alpha value is -1.17. The lowest BCUT2D eigenvalue weighted by Crippen LogP contribution is -2.46. The number of ether oxygens (including phenoxy) is 1. The monoisotopic (exact) mass is 236 g/mol. The summed E-state index contributed by atoms with van der Waals surface area (Å²) >= 11 is 0. The van der Waals surface area contributed by atoms with Gasteiger partial charge in [0.05, 0.1) is 12.7 Å². The molecule has 0 radical (unpaired) electrons. The van der Waals surface area contributed by atoms with Crippen molar-refractivity contribution in [2.75, 3.05) is 18.6 Å². The maximum Gasteiger partial charge on any atom is 0.139 e. The van der Waals surface area contributed by atoms with Crippen LogP contribution in [0.3, 0.4) is 0 Å². The molecule has 0 spiro atoms. The lowest BCUT2D eigenvalue weighted by atomic mass is 10.1. The first-order chi connectivity index (χ1) is 8.19. The number of morpholine rings is 1. The van der Waals surface area contributed by atoms with Crippen LogP contribution in [-0.4, -0.2) is 35.2 Å². The Labute approximate surface area is 102 Å². The largest absolute Gasteiger partial charge is 0.376 e. The van der Waals surface area contributed by atoms with Crippen LogP contribution in [0.15, 0.2) is 18.3 Å². The average molecular weight is 236 g/mol. The molecule has 0 aromatic carbocycles. The molecule has 0 saturated carbocycles. The van der Waals surface area contributed by atoms with Crippen molar-refractivity contribution in [3.05, 3.63) is 23.9 Å². The highest BCUT2D eigenvalue weighted by molar-refractivity contribution is 5.33. The van der Waals surface area contributed by atoms with Gasteiger partial charge in [-0.1, -0.05) is 6.07 Å². The maximum absolute atomic E-state index is 5.61. The molecule has 2 unspecified atom stereocenters. The van der Waals surface area contributed by atoms with Crippen LogP contribution in [0.1, 0.15) is 19.4 Å². The summed E-state index contributed by atoms with van der Waals surface area (Å²) in [6, 6.07) is 4.40. The van der Waals surface area contributed by atoms with Crippen molar-refractivity contribution in [3.8, 4) is 0 Å². The van der Waals surface area contributed by atoms with E-state index in [-0.39, 0.29) is 0 Å². The number of nitrogen functional groups attached to an aromatic ring is 1. The Morgan fingerprint density at radius 1 is 1.53 bits per heavy atom. The Morgan fingerprint density at radius 2 is 2.35 bits per heavy atom. The number of pyridine rings is 1. The average Bonchev–Trinajstić information content (AvgIpc) is 2.35. The van der Waals surface area contributed by atoms with E-state index in [1.807, 2.05) is 12.3 Å². The van der Waals surface area contributed by atoms with Crippen LogP contribution in [0, 0.1) is 0 Å². The zero-order valence-electron chi connectivity index (χ0n) is 10.4. The van der Waals surface area contributed by atoms with Crippen molar-refractivity contribution in [3.63, 3.8) is 0 Å². The first-order valence-corrected chi connectivity index (χ1v) is 5.96. The van der Waals surface area contributed by atoms with Gasteiger partial charge < -0.3 is 10.2 Å². The summed E-state index contributed by atoms with van der Waals surface area (Å²) in [5.74, 6) is 5.98. The van der Waals surface area contributed by atoms with Gasteiger partial charge in [0, 0.05) is 25.3 Å². The van der Waals surface area contributed by atoms with Crippen LogP contribution >= 0.6 is 0 Å². The third-order valence-corrected chi connectivity index (χ3v) is 3.10. The second-order valence-electron chi connectivity index (χ2n) is 4.62. The van der Waals surface area contributed by atoms with E-state index < -0.39 is 0 Å². The zero-order chi connectivity index (χ0) is 12.3. The molecule has 2 rings (SSSR count). The second kappa shape index (κ2) is 5.44. The van der Waals surface area contributed by atoms with Gasteiger partial charge in [-0.05, 0) is 25.5 Å². The Balaban J connectivity index is 1.98. The van der Waals surface area contributed by atoms with Crippen molar-refractivity contribution in [2.24, 2.45) is 5.84 Å². The molecule has 5 heteroatoms. The van der Waals surface area contributed by atoms with Crippen LogP contribution in [0.5, 0.6) is 0 Å². The van der Waals surface area contributed by atoms with Crippen LogP contribution in [0.25, 0.3) is 0 Å². The van der Waals surface area contributed by atoms with Gasteiger partial charge in [-0.3, -0.25) is 4.90 Å². The molecule has 0 bridgehead atoms. The fourth-order valence-corrected chi connectivity index (χ4v) is 2.03. The van der Waals surface area contributed by atoms with Gasteiger partial charge in [0.1, 0.15) is 5.82 Å². The summed E-state index contributed by atoms with van der Waals surface area (Å²) in [5, 5.41) is 0. The molecule has 17 heavy (non-hydrogen) atoms. The normalized spacial score (nSPS) is 25.8. The smallest absolute Gasteiger partial charge is 0.139 e. The first-order valence-electron chi connectivity index (χ1n) is 5.96. The molecule has 2 heterocycles. The van der Waals surface area contributed by atoms with Crippen molar-refractivity contribution in [1.82, 2.24) is 9.88 Å². The van der Waals surface area contributed by atoms with Crippen LogP contribution in [0.2, 0.25) is 0 Å². The molecule has 0 aliphatic carbocycles. The second-order valence-corrected chi connectivity index (χ2v) is 4.62. The number of aromatic nitrogens is 1. The number of anilines is 1.